The summed E-state index contributed by atoms with van der Waals surface area (Å²) in [5.41, 5.74) is -3.80. The molecule has 1 aromatic heterocycles. The third kappa shape index (κ3) is 7.00. The highest BCUT2D eigenvalue weighted by atomic mass is 35.5. The molecule has 0 N–H and O–H groups in total. The fourth-order valence-electron chi connectivity index (χ4n) is 2.72. The summed E-state index contributed by atoms with van der Waals surface area (Å²) in [5, 5.41) is 2.87. The van der Waals surface area contributed by atoms with E-state index in [9.17, 15) is 31.9 Å². The van der Waals surface area contributed by atoms with Gasteiger partial charge in [0.05, 0.1) is 29.0 Å². The number of hydrogen-bond acceptors (Lipinski definition) is 7. The number of ether oxygens (including phenoxy) is 3. The summed E-state index contributed by atoms with van der Waals surface area (Å²) < 4.78 is 67.8. The Morgan fingerprint density at radius 3 is 2.47 bits per heavy atom. The minimum Gasteiger partial charge on any atom is -0.461 e. The SMILES string of the molecule is CCCCCCOC(=O)C(OC)OC(=O)c1cc(-n2ncc(C(F)(F)F)cc2=O)c(F)cc1Cl. The molecule has 0 aliphatic rings. The summed E-state index contributed by atoms with van der Waals surface area (Å²) in [5.74, 6) is -3.36. The van der Waals surface area contributed by atoms with Crippen molar-refractivity contribution in [3.63, 3.8) is 0 Å². The lowest BCUT2D eigenvalue weighted by Crippen LogP contribution is -2.31. The molecule has 0 aliphatic heterocycles. The molecule has 0 saturated heterocycles. The molecule has 1 unspecified atom stereocenters. The van der Waals surface area contributed by atoms with Crippen molar-refractivity contribution in [3.05, 3.63) is 56.7 Å². The van der Waals surface area contributed by atoms with E-state index in [1.165, 1.54) is 0 Å². The second-order valence-electron chi connectivity index (χ2n) is 6.98. The first kappa shape index (κ1) is 27.3. The zero-order chi connectivity index (χ0) is 25.5. The molecule has 0 bridgehead atoms. The van der Waals surface area contributed by atoms with Gasteiger partial charge in [-0.2, -0.15) is 23.0 Å². The Morgan fingerprint density at radius 2 is 1.88 bits per heavy atom. The molecule has 2 aromatic rings. The monoisotopic (exact) mass is 508 g/mol. The van der Waals surface area contributed by atoms with Crippen LogP contribution in [0.4, 0.5) is 17.6 Å². The number of aromatic nitrogens is 2. The number of carbonyl (C=O) groups excluding carboxylic acids is 2. The average Bonchev–Trinajstić information content (AvgIpc) is 2.76. The number of carbonyl (C=O) groups is 2. The number of hydrogen-bond donors (Lipinski definition) is 0. The van der Waals surface area contributed by atoms with Gasteiger partial charge in [0, 0.05) is 13.2 Å². The van der Waals surface area contributed by atoms with Crippen LogP contribution in [0.15, 0.2) is 29.2 Å². The second kappa shape index (κ2) is 11.9. The van der Waals surface area contributed by atoms with Gasteiger partial charge in [-0.1, -0.05) is 37.8 Å². The molecule has 0 fully saturated rings. The molecule has 13 heteroatoms. The summed E-state index contributed by atoms with van der Waals surface area (Å²) in [7, 11) is 1.08. The van der Waals surface area contributed by atoms with E-state index < -0.39 is 57.6 Å². The molecule has 1 atom stereocenters. The van der Waals surface area contributed by atoms with Crippen molar-refractivity contribution in [3.8, 4) is 5.69 Å². The van der Waals surface area contributed by atoms with Crippen molar-refractivity contribution in [2.24, 2.45) is 0 Å². The van der Waals surface area contributed by atoms with Crippen molar-refractivity contribution >= 4 is 23.5 Å². The molecule has 2 rings (SSSR count). The molecule has 0 amide bonds. The van der Waals surface area contributed by atoms with Gasteiger partial charge >= 0.3 is 24.4 Å². The maximum absolute atomic E-state index is 14.4. The first-order valence-electron chi connectivity index (χ1n) is 10.1. The lowest BCUT2D eigenvalue weighted by atomic mass is 10.2. The summed E-state index contributed by atoms with van der Waals surface area (Å²) in [6.07, 6.45) is -2.87. The summed E-state index contributed by atoms with van der Waals surface area (Å²) >= 11 is 5.89. The van der Waals surface area contributed by atoms with Crippen LogP contribution in [0.3, 0.4) is 0 Å². The standard InChI is InChI=1S/C21H21ClF4N2O6/c1-3-4-5-6-7-33-19(31)20(32-2)34-18(30)13-9-16(15(23)10-14(13)22)28-17(29)8-12(11-27-28)21(24,25)26/h8-11,20H,3-7H2,1-2H3. The number of benzene rings is 1. The van der Waals surface area contributed by atoms with Gasteiger partial charge in [-0.05, 0) is 18.6 Å². The molecule has 1 aromatic carbocycles. The highest BCUT2D eigenvalue weighted by Gasteiger charge is 2.32. The maximum Gasteiger partial charge on any atom is 0.418 e. The molecular weight excluding hydrogens is 488 g/mol. The molecular formula is C21H21ClF4N2O6. The fourth-order valence-corrected chi connectivity index (χ4v) is 2.95. The highest BCUT2D eigenvalue weighted by Crippen LogP contribution is 2.28. The van der Waals surface area contributed by atoms with Gasteiger partial charge in [0.1, 0.15) is 5.69 Å². The smallest absolute Gasteiger partial charge is 0.418 e. The van der Waals surface area contributed by atoms with Gasteiger partial charge in [0.25, 0.3) is 5.56 Å². The number of methoxy groups -OCH3 is 1. The second-order valence-corrected chi connectivity index (χ2v) is 7.38. The summed E-state index contributed by atoms with van der Waals surface area (Å²) in [4.78, 5) is 36.7. The van der Waals surface area contributed by atoms with Crippen LogP contribution in [0.5, 0.6) is 0 Å². The number of alkyl halides is 3. The zero-order valence-electron chi connectivity index (χ0n) is 18.2. The third-order valence-corrected chi connectivity index (χ3v) is 4.79. The van der Waals surface area contributed by atoms with Crippen LogP contribution in [0.25, 0.3) is 5.69 Å². The van der Waals surface area contributed by atoms with Crippen LogP contribution < -0.4 is 5.56 Å². The molecule has 0 spiro atoms. The van der Waals surface area contributed by atoms with E-state index >= 15 is 0 Å². The molecule has 0 aliphatic carbocycles. The Bertz CT molecular complexity index is 1090. The van der Waals surface area contributed by atoms with Crippen LogP contribution in [0.1, 0.15) is 48.5 Å². The Balaban J connectivity index is 2.24. The van der Waals surface area contributed by atoms with Crippen molar-refractivity contribution < 1.29 is 41.4 Å². The van der Waals surface area contributed by atoms with Gasteiger partial charge < -0.3 is 14.2 Å². The van der Waals surface area contributed by atoms with Gasteiger partial charge in [-0.3, -0.25) is 4.79 Å². The predicted molar refractivity (Wildman–Crippen MR) is 111 cm³/mol. The first-order valence-corrected chi connectivity index (χ1v) is 10.4. The molecule has 1 heterocycles. The number of halogens is 5. The minimum absolute atomic E-state index is 0.0835. The molecule has 0 radical (unpaired) electrons. The predicted octanol–water partition coefficient (Wildman–Crippen LogP) is 4.30. The van der Waals surface area contributed by atoms with Crippen LogP contribution in [-0.2, 0) is 25.2 Å². The van der Waals surface area contributed by atoms with Gasteiger partial charge in [0.15, 0.2) is 5.82 Å². The fraction of sp³-hybridized carbons (Fsp3) is 0.429. The van der Waals surface area contributed by atoms with Crippen LogP contribution >= 0.6 is 11.6 Å². The summed E-state index contributed by atoms with van der Waals surface area (Å²) in [6.45, 7) is 2.10. The van der Waals surface area contributed by atoms with E-state index in [2.05, 4.69) is 5.10 Å². The van der Waals surface area contributed by atoms with E-state index in [-0.39, 0.29) is 12.7 Å². The van der Waals surface area contributed by atoms with Crippen molar-refractivity contribution in [2.75, 3.05) is 13.7 Å². The quantitative estimate of drug-likeness (QED) is 0.204. The van der Waals surface area contributed by atoms with Crippen molar-refractivity contribution in [1.29, 1.82) is 0 Å². The van der Waals surface area contributed by atoms with E-state index in [0.717, 1.165) is 32.4 Å². The van der Waals surface area contributed by atoms with Gasteiger partial charge in [-0.25, -0.2) is 14.0 Å². The highest BCUT2D eigenvalue weighted by molar-refractivity contribution is 6.33. The number of rotatable bonds is 10. The maximum atomic E-state index is 14.4. The normalized spacial score (nSPS) is 12.3. The molecule has 8 nitrogen and oxygen atoms in total. The van der Waals surface area contributed by atoms with E-state index in [1.807, 2.05) is 6.92 Å². The van der Waals surface area contributed by atoms with Crippen molar-refractivity contribution in [1.82, 2.24) is 9.78 Å². The van der Waals surface area contributed by atoms with Crippen LogP contribution in [-0.4, -0.2) is 41.7 Å². The Labute approximate surface area is 196 Å². The Kier molecular flexibility index (Phi) is 9.56. The van der Waals surface area contributed by atoms with Gasteiger partial charge in [-0.15, -0.1) is 0 Å². The Hall–Kier alpha value is -2.99. The lowest BCUT2D eigenvalue weighted by Gasteiger charge is -2.16. The van der Waals surface area contributed by atoms with E-state index in [1.54, 1.807) is 0 Å². The lowest BCUT2D eigenvalue weighted by molar-refractivity contribution is -0.179. The number of esters is 2. The first-order chi connectivity index (χ1) is 16.0. The van der Waals surface area contributed by atoms with E-state index in [4.69, 9.17) is 25.8 Å². The topological polar surface area (TPSA) is 96.7 Å². The zero-order valence-corrected chi connectivity index (χ0v) is 18.9. The Morgan fingerprint density at radius 1 is 1.18 bits per heavy atom. The minimum atomic E-state index is -4.83. The van der Waals surface area contributed by atoms with Crippen LogP contribution in [0, 0.1) is 5.82 Å². The average molecular weight is 509 g/mol. The molecule has 186 valence electrons. The molecule has 34 heavy (non-hydrogen) atoms. The third-order valence-electron chi connectivity index (χ3n) is 4.47. The number of unbranched alkanes of at least 4 members (excludes halogenated alkanes) is 3. The molecule has 0 saturated carbocycles. The van der Waals surface area contributed by atoms with Crippen LogP contribution in [0.2, 0.25) is 5.02 Å². The largest absolute Gasteiger partial charge is 0.461 e. The summed E-state index contributed by atoms with van der Waals surface area (Å²) in [6, 6.07) is 1.62. The van der Waals surface area contributed by atoms with Crippen molar-refractivity contribution in [2.45, 2.75) is 45.1 Å². The van der Waals surface area contributed by atoms with E-state index in [0.29, 0.717) is 23.4 Å². The number of nitrogens with zero attached hydrogens (tertiary/aromatic N) is 2. The van der Waals surface area contributed by atoms with Gasteiger partial charge in [0.2, 0.25) is 0 Å².